The van der Waals surface area contributed by atoms with Crippen LogP contribution < -0.4 is 4.90 Å². The van der Waals surface area contributed by atoms with Crippen molar-refractivity contribution < 1.29 is 9.84 Å². The number of thiophene rings is 1. The molecule has 0 fully saturated rings. The topological polar surface area (TPSA) is 32.7 Å². The van der Waals surface area contributed by atoms with E-state index in [4.69, 9.17) is 9.84 Å². The van der Waals surface area contributed by atoms with E-state index in [-0.39, 0.29) is 6.61 Å². The number of nitrogens with zero attached hydrogens (tertiary/aromatic N) is 1. The Morgan fingerprint density at radius 2 is 2.05 bits per heavy atom. The smallest absolute Gasteiger partial charge is 0.129 e. The third-order valence-corrected chi connectivity index (χ3v) is 4.33. The summed E-state index contributed by atoms with van der Waals surface area (Å²) in [7, 11) is 0.746. The molecule has 19 heavy (non-hydrogen) atoms. The summed E-state index contributed by atoms with van der Waals surface area (Å²) in [6.45, 7) is 8.69. The standard InChI is InChI=1S/C14H23NO2SSi/c1-15(8-10-17-11-9-16)14-6-5-13(18-14)7-12-19(2,3)4/h5-6,16H,8-11H2,1-4H3. The van der Waals surface area contributed by atoms with E-state index in [0.29, 0.717) is 13.2 Å². The van der Waals surface area contributed by atoms with Crippen LogP contribution >= 0.6 is 11.3 Å². The molecule has 0 amide bonds. The highest BCUT2D eigenvalue weighted by atomic mass is 32.1. The van der Waals surface area contributed by atoms with Crippen LogP contribution in [0.4, 0.5) is 5.00 Å². The number of hydrogen-bond donors (Lipinski definition) is 1. The summed E-state index contributed by atoms with van der Waals surface area (Å²) >= 11 is 1.72. The first-order valence-corrected chi connectivity index (χ1v) is 10.8. The summed E-state index contributed by atoms with van der Waals surface area (Å²) in [5, 5.41) is 9.83. The van der Waals surface area contributed by atoms with E-state index in [1.165, 1.54) is 5.00 Å². The zero-order valence-electron chi connectivity index (χ0n) is 12.2. The molecule has 0 unspecified atom stereocenters. The van der Waals surface area contributed by atoms with Gasteiger partial charge < -0.3 is 14.7 Å². The van der Waals surface area contributed by atoms with Gasteiger partial charge in [0.2, 0.25) is 0 Å². The van der Waals surface area contributed by atoms with E-state index in [1.54, 1.807) is 11.3 Å². The third-order valence-electron chi connectivity index (χ3n) is 2.34. The molecule has 0 aliphatic rings. The van der Waals surface area contributed by atoms with Gasteiger partial charge in [-0.15, -0.1) is 16.9 Å². The van der Waals surface area contributed by atoms with Crippen LogP contribution in [0.5, 0.6) is 0 Å². The molecule has 0 aromatic carbocycles. The van der Waals surface area contributed by atoms with E-state index in [9.17, 15) is 0 Å². The fraction of sp³-hybridized carbons (Fsp3) is 0.571. The molecule has 0 aliphatic carbocycles. The normalized spacial score (nSPS) is 11.0. The fourth-order valence-corrected chi connectivity index (χ4v) is 2.77. The summed E-state index contributed by atoms with van der Waals surface area (Å²) < 4.78 is 5.26. The monoisotopic (exact) mass is 297 g/mol. The number of hydrogen-bond acceptors (Lipinski definition) is 4. The molecule has 0 aliphatic heterocycles. The van der Waals surface area contributed by atoms with E-state index >= 15 is 0 Å². The number of ether oxygens (including phenoxy) is 1. The molecule has 3 nitrogen and oxygen atoms in total. The Balaban J connectivity index is 2.51. The first kappa shape index (κ1) is 16.3. The quantitative estimate of drug-likeness (QED) is 0.497. The Kier molecular flexibility index (Phi) is 6.59. The predicted molar refractivity (Wildman–Crippen MR) is 85.7 cm³/mol. The maximum Gasteiger partial charge on any atom is 0.129 e. The van der Waals surface area contributed by atoms with Crippen molar-refractivity contribution in [3.8, 4) is 11.5 Å². The van der Waals surface area contributed by atoms with Gasteiger partial charge in [0, 0.05) is 13.6 Å². The largest absolute Gasteiger partial charge is 0.394 e. The van der Waals surface area contributed by atoms with Crippen molar-refractivity contribution in [2.24, 2.45) is 0 Å². The minimum absolute atomic E-state index is 0.0825. The molecule has 1 rings (SSSR count). The summed E-state index contributed by atoms with van der Waals surface area (Å²) in [5.41, 5.74) is 3.38. The van der Waals surface area contributed by atoms with Gasteiger partial charge in [-0.2, -0.15) is 0 Å². The second-order valence-electron chi connectivity index (χ2n) is 5.40. The van der Waals surface area contributed by atoms with E-state index in [1.807, 2.05) is 7.05 Å². The Hall–Kier alpha value is -0.803. The fourth-order valence-electron chi connectivity index (χ4n) is 1.33. The molecule has 1 aromatic heterocycles. The summed E-state index contributed by atoms with van der Waals surface area (Å²) in [6.07, 6.45) is 0. The minimum Gasteiger partial charge on any atom is -0.394 e. The van der Waals surface area contributed by atoms with Crippen molar-refractivity contribution in [1.29, 1.82) is 0 Å². The average Bonchev–Trinajstić information content (AvgIpc) is 2.80. The lowest BCUT2D eigenvalue weighted by molar-refractivity contribution is 0.0971. The lowest BCUT2D eigenvalue weighted by Crippen LogP contribution is -2.22. The Morgan fingerprint density at radius 1 is 1.32 bits per heavy atom. The van der Waals surface area contributed by atoms with E-state index < -0.39 is 8.07 Å². The highest BCUT2D eigenvalue weighted by Crippen LogP contribution is 2.24. The molecule has 0 spiro atoms. The molecule has 0 bridgehead atoms. The van der Waals surface area contributed by atoms with Crippen LogP contribution in [0.2, 0.25) is 19.6 Å². The zero-order valence-corrected chi connectivity index (χ0v) is 14.0. The van der Waals surface area contributed by atoms with Gasteiger partial charge in [0.1, 0.15) is 8.07 Å². The number of likely N-dealkylation sites (N-methyl/N-ethyl adjacent to an activating group) is 1. The number of rotatable bonds is 6. The van der Waals surface area contributed by atoms with Gasteiger partial charge in [-0.3, -0.25) is 0 Å². The number of aliphatic hydroxyl groups is 1. The van der Waals surface area contributed by atoms with Crippen LogP contribution in [-0.4, -0.2) is 46.6 Å². The van der Waals surface area contributed by atoms with Crippen LogP contribution in [0.3, 0.4) is 0 Å². The van der Waals surface area contributed by atoms with Gasteiger partial charge in [-0.25, -0.2) is 0 Å². The average molecular weight is 297 g/mol. The molecule has 5 heteroatoms. The van der Waals surface area contributed by atoms with Crippen molar-refractivity contribution >= 4 is 24.4 Å². The van der Waals surface area contributed by atoms with Crippen molar-refractivity contribution in [3.05, 3.63) is 17.0 Å². The Bertz CT molecular complexity index is 442. The summed E-state index contributed by atoms with van der Waals surface area (Å²) in [4.78, 5) is 3.28. The second-order valence-corrected chi connectivity index (χ2v) is 11.2. The van der Waals surface area contributed by atoms with E-state index in [2.05, 4.69) is 48.1 Å². The molecule has 0 atom stereocenters. The van der Waals surface area contributed by atoms with E-state index in [0.717, 1.165) is 11.4 Å². The third kappa shape index (κ3) is 6.78. The van der Waals surface area contributed by atoms with Crippen LogP contribution in [0, 0.1) is 11.5 Å². The highest BCUT2D eigenvalue weighted by molar-refractivity contribution is 7.16. The molecule has 1 aromatic rings. The van der Waals surface area contributed by atoms with Crippen molar-refractivity contribution in [2.45, 2.75) is 19.6 Å². The molecule has 0 radical (unpaired) electrons. The molecule has 0 saturated heterocycles. The zero-order chi connectivity index (χ0) is 14.3. The predicted octanol–water partition coefficient (Wildman–Crippen LogP) is 2.42. The Morgan fingerprint density at radius 3 is 2.68 bits per heavy atom. The summed E-state index contributed by atoms with van der Waals surface area (Å²) in [5.74, 6) is 3.28. The van der Waals surface area contributed by atoms with Crippen molar-refractivity contribution in [1.82, 2.24) is 0 Å². The summed E-state index contributed by atoms with van der Waals surface area (Å²) in [6, 6.07) is 4.18. The first-order chi connectivity index (χ1) is 8.92. The van der Waals surface area contributed by atoms with Crippen LogP contribution in [0.1, 0.15) is 4.88 Å². The van der Waals surface area contributed by atoms with Gasteiger partial charge in [0.15, 0.2) is 0 Å². The molecular weight excluding hydrogens is 274 g/mol. The van der Waals surface area contributed by atoms with Gasteiger partial charge in [0.25, 0.3) is 0 Å². The second kappa shape index (κ2) is 7.71. The maximum atomic E-state index is 8.63. The highest BCUT2D eigenvalue weighted by Gasteiger charge is 2.08. The van der Waals surface area contributed by atoms with Gasteiger partial charge in [0.05, 0.1) is 29.7 Å². The van der Waals surface area contributed by atoms with Gasteiger partial charge >= 0.3 is 0 Å². The van der Waals surface area contributed by atoms with Crippen molar-refractivity contribution in [2.75, 3.05) is 38.3 Å². The SMILES string of the molecule is CN(CCOCCO)c1ccc(C#C[Si](C)(C)C)s1. The number of anilines is 1. The van der Waals surface area contributed by atoms with Gasteiger partial charge in [-0.05, 0) is 12.1 Å². The minimum atomic E-state index is -1.30. The van der Waals surface area contributed by atoms with Crippen LogP contribution in [0.15, 0.2) is 12.1 Å². The molecule has 106 valence electrons. The lowest BCUT2D eigenvalue weighted by Gasteiger charge is -2.16. The Labute approximate surface area is 121 Å². The van der Waals surface area contributed by atoms with Gasteiger partial charge in [-0.1, -0.05) is 25.6 Å². The van der Waals surface area contributed by atoms with Crippen LogP contribution in [0.25, 0.3) is 0 Å². The number of aliphatic hydroxyl groups excluding tert-OH is 1. The lowest BCUT2D eigenvalue weighted by atomic mass is 10.4. The molecule has 1 N–H and O–H groups in total. The van der Waals surface area contributed by atoms with Crippen molar-refractivity contribution in [3.63, 3.8) is 0 Å². The molecule has 0 saturated carbocycles. The molecule has 1 heterocycles. The first-order valence-electron chi connectivity index (χ1n) is 6.45. The maximum absolute atomic E-state index is 8.63. The molecular formula is C14H23NO2SSi. The van der Waals surface area contributed by atoms with Crippen LogP contribution in [-0.2, 0) is 4.74 Å².